The van der Waals surface area contributed by atoms with Crippen LogP contribution in [0.1, 0.15) is 36.2 Å². The van der Waals surface area contributed by atoms with Crippen molar-refractivity contribution in [2.45, 2.75) is 26.7 Å². The van der Waals surface area contributed by atoms with Gasteiger partial charge in [0, 0.05) is 5.56 Å². The number of hydrogen-bond acceptors (Lipinski definition) is 3. The van der Waals surface area contributed by atoms with Crippen molar-refractivity contribution in [2.24, 2.45) is 5.92 Å². The van der Waals surface area contributed by atoms with Gasteiger partial charge in [-0.2, -0.15) is 0 Å². The normalized spacial score (nSPS) is 10.5. The summed E-state index contributed by atoms with van der Waals surface area (Å²) in [5, 5.41) is 0. The maximum absolute atomic E-state index is 13.5. The van der Waals surface area contributed by atoms with Crippen LogP contribution in [-0.2, 0) is 11.2 Å². The van der Waals surface area contributed by atoms with Gasteiger partial charge in [-0.25, -0.2) is 4.39 Å². The first kappa shape index (κ1) is 19.4. The maximum atomic E-state index is 13.5. The number of nitrogens with one attached hydrogen (secondary N) is 2. The van der Waals surface area contributed by atoms with Crippen molar-refractivity contribution in [1.82, 2.24) is 10.9 Å². The first-order valence-corrected chi connectivity index (χ1v) is 8.51. The van der Waals surface area contributed by atoms with Gasteiger partial charge < -0.3 is 4.74 Å². The minimum atomic E-state index is -0.503. The van der Waals surface area contributed by atoms with Crippen molar-refractivity contribution in [2.75, 3.05) is 6.61 Å². The smallest absolute Gasteiger partial charge is 0.269 e. The molecule has 0 spiro atoms. The summed E-state index contributed by atoms with van der Waals surface area (Å²) in [5.74, 6) is -0.168. The van der Waals surface area contributed by atoms with Crippen LogP contribution in [0.25, 0.3) is 0 Å². The van der Waals surface area contributed by atoms with E-state index in [1.807, 2.05) is 0 Å². The van der Waals surface area contributed by atoms with Crippen LogP contribution in [0.3, 0.4) is 0 Å². The van der Waals surface area contributed by atoms with Gasteiger partial charge in [0.25, 0.3) is 5.91 Å². The molecule has 0 heterocycles. The van der Waals surface area contributed by atoms with Crippen LogP contribution in [0.5, 0.6) is 5.75 Å². The number of hydrazine groups is 1. The largest absolute Gasteiger partial charge is 0.494 e. The van der Waals surface area contributed by atoms with E-state index in [0.717, 1.165) is 6.42 Å². The highest BCUT2D eigenvalue weighted by molar-refractivity contribution is 5.95. The number of carbonyl (C=O) groups is 2. The van der Waals surface area contributed by atoms with Gasteiger partial charge in [-0.3, -0.25) is 20.4 Å². The number of carbonyl (C=O) groups excluding carboxylic acids is 2. The van der Waals surface area contributed by atoms with Gasteiger partial charge >= 0.3 is 0 Å². The lowest BCUT2D eigenvalue weighted by Crippen LogP contribution is -2.42. The van der Waals surface area contributed by atoms with Gasteiger partial charge in [0.1, 0.15) is 11.6 Å². The van der Waals surface area contributed by atoms with Crippen LogP contribution >= 0.6 is 0 Å². The molecule has 0 aliphatic rings. The highest BCUT2D eigenvalue weighted by Gasteiger charge is 2.10. The first-order chi connectivity index (χ1) is 12.5. The third kappa shape index (κ3) is 6.20. The van der Waals surface area contributed by atoms with Gasteiger partial charge in [-0.15, -0.1) is 0 Å². The second-order valence-electron chi connectivity index (χ2n) is 6.33. The molecule has 0 radical (unpaired) electrons. The van der Waals surface area contributed by atoms with Gasteiger partial charge in [0.05, 0.1) is 13.0 Å². The number of rotatable bonds is 7. The molecule has 2 rings (SSSR count). The monoisotopic (exact) mass is 358 g/mol. The van der Waals surface area contributed by atoms with E-state index < -0.39 is 17.6 Å². The minimum Gasteiger partial charge on any atom is -0.494 e. The van der Waals surface area contributed by atoms with E-state index in [2.05, 4.69) is 24.7 Å². The third-order valence-corrected chi connectivity index (χ3v) is 3.70. The highest BCUT2D eigenvalue weighted by Crippen LogP contribution is 2.13. The zero-order valence-electron chi connectivity index (χ0n) is 14.9. The van der Waals surface area contributed by atoms with Crippen molar-refractivity contribution in [3.8, 4) is 5.75 Å². The zero-order chi connectivity index (χ0) is 18.9. The van der Waals surface area contributed by atoms with Gasteiger partial charge in [-0.1, -0.05) is 32.0 Å². The number of halogens is 1. The molecule has 5 nitrogen and oxygen atoms in total. The van der Waals surface area contributed by atoms with E-state index in [-0.39, 0.29) is 12.0 Å². The lowest BCUT2D eigenvalue weighted by molar-refractivity contribution is -0.121. The van der Waals surface area contributed by atoms with Gasteiger partial charge in [0.2, 0.25) is 5.91 Å². The Morgan fingerprint density at radius 3 is 2.38 bits per heavy atom. The summed E-state index contributed by atoms with van der Waals surface area (Å²) in [4.78, 5) is 23.9. The van der Waals surface area contributed by atoms with Crippen LogP contribution in [0.2, 0.25) is 0 Å². The maximum Gasteiger partial charge on any atom is 0.269 e. The number of ether oxygens (including phenoxy) is 1. The number of hydrogen-bond donors (Lipinski definition) is 2. The molecule has 0 aliphatic heterocycles. The summed E-state index contributed by atoms with van der Waals surface area (Å²) in [6.07, 6.45) is 0.797. The fourth-order valence-electron chi connectivity index (χ4n) is 2.17. The summed E-state index contributed by atoms with van der Waals surface area (Å²) < 4.78 is 19.1. The van der Waals surface area contributed by atoms with Crippen LogP contribution in [0.4, 0.5) is 4.39 Å². The van der Waals surface area contributed by atoms with Crippen LogP contribution in [0, 0.1) is 11.7 Å². The van der Waals surface area contributed by atoms with Gasteiger partial charge in [-0.05, 0) is 48.2 Å². The van der Waals surface area contributed by atoms with Crippen molar-refractivity contribution in [1.29, 1.82) is 0 Å². The molecule has 2 amide bonds. The summed E-state index contributed by atoms with van der Waals surface area (Å²) in [6, 6.07) is 12.6. The average Bonchev–Trinajstić information content (AvgIpc) is 2.62. The summed E-state index contributed by atoms with van der Waals surface area (Å²) >= 11 is 0. The van der Waals surface area contributed by atoms with Crippen molar-refractivity contribution in [3.63, 3.8) is 0 Å². The quantitative estimate of drug-likeness (QED) is 0.747. The average molecular weight is 358 g/mol. The summed E-state index contributed by atoms with van der Waals surface area (Å²) in [7, 11) is 0. The molecule has 0 fully saturated rings. The molecule has 0 saturated carbocycles. The fraction of sp³-hybridized carbons (Fsp3) is 0.300. The Balaban J connectivity index is 1.80. The molecular formula is C20H23FN2O3. The van der Waals surface area contributed by atoms with E-state index in [4.69, 9.17) is 4.74 Å². The van der Waals surface area contributed by atoms with E-state index in [1.54, 1.807) is 36.4 Å². The van der Waals surface area contributed by atoms with Crippen molar-refractivity contribution >= 4 is 11.8 Å². The van der Waals surface area contributed by atoms with Crippen molar-refractivity contribution < 1.29 is 18.7 Å². The zero-order valence-corrected chi connectivity index (χ0v) is 14.9. The molecule has 0 aliphatic carbocycles. The van der Waals surface area contributed by atoms with E-state index in [1.165, 1.54) is 12.1 Å². The number of amides is 2. The van der Waals surface area contributed by atoms with E-state index in [0.29, 0.717) is 23.8 Å². The predicted octanol–water partition coefficient (Wildman–Crippen LogP) is 3.25. The standard InChI is InChI=1S/C20H23FN2O3/c1-14(2)11-12-26-17-9-7-15(8-10-17)20(25)23-22-19(24)13-16-5-3-4-6-18(16)21/h3-10,14H,11-13H2,1-2H3,(H,22,24)(H,23,25). The number of benzene rings is 2. The van der Waals surface area contributed by atoms with Crippen LogP contribution in [-0.4, -0.2) is 18.4 Å². The molecular weight excluding hydrogens is 335 g/mol. The summed E-state index contributed by atoms with van der Waals surface area (Å²) in [5.41, 5.74) is 5.24. The Labute approximate surface area is 152 Å². The molecule has 26 heavy (non-hydrogen) atoms. The van der Waals surface area contributed by atoms with E-state index in [9.17, 15) is 14.0 Å². The van der Waals surface area contributed by atoms with Crippen LogP contribution < -0.4 is 15.6 Å². The molecule has 0 saturated heterocycles. The lowest BCUT2D eigenvalue weighted by atomic mass is 10.1. The Bertz CT molecular complexity index is 745. The molecule has 6 heteroatoms. The molecule has 2 aromatic rings. The Hall–Kier alpha value is -2.89. The molecule has 0 unspecified atom stereocenters. The summed E-state index contributed by atoms with van der Waals surface area (Å²) in [6.45, 7) is 4.86. The van der Waals surface area contributed by atoms with Crippen LogP contribution in [0.15, 0.2) is 48.5 Å². The second-order valence-corrected chi connectivity index (χ2v) is 6.33. The SMILES string of the molecule is CC(C)CCOc1ccc(C(=O)NNC(=O)Cc2ccccc2F)cc1. The van der Waals surface area contributed by atoms with E-state index >= 15 is 0 Å². The lowest BCUT2D eigenvalue weighted by Gasteiger charge is -2.10. The molecule has 2 aromatic carbocycles. The highest BCUT2D eigenvalue weighted by atomic mass is 19.1. The minimum absolute atomic E-state index is 0.157. The predicted molar refractivity (Wildman–Crippen MR) is 97.1 cm³/mol. The second kappa shape index (κ2) is 9.56. The van der Waals surface area contributed by atoms with Crippen molar-refractivity contribution in [3.05, 3.63) is 65.5 Å². The Kier molecular flexibility index (Phi) is 7.14. The Morgan fingerprint density at radius 1 is 1.04 bits per heavy atom. The van der Waals surface area contributed by atoms with Gasteiger partial charge in [0.15, 0.2) is 0 Å². The molecule has 0 atom stereocenters. The Morgan fingerprint density at radius 2 is 1.73 bits per heavy atom. The topological polar surface area (TPSA) is 67.4 Å². The third-order valence-electron chi connectivity index (χ3n) is 3.70. The molecule has 138 valence electrons. The molecule has 2 N–H and O–H groups in total. The molecule has 0 bridgehead atoms. The fourth-order valence-corrected chi connectivity index (χ4v) is 2.17. The first-order valence-electron chi connectivity index (χ1n) is 8.51. The molecule has 0 aromatic heterocycles.